The molecule has 2 rings (SSSR count). The van der Waals surface area contributed by atoms with Gasteiger partial charge in [0.15, 0.2) is 0 Å². The van der Waals surface area contributed by atoms with E-state index in [9.17, 15) is 14.7 Å². The molecule has 2 aliphatic rings. The van der Waals surface area contributed by atoms with Crippen molar-refractivity contribution in [2.24, 2.45) is 5.92 Å². The van der Waals surface area contributed by atoms with E-state index in [0.717, 1.165) is 19.3 Å². The molecular formula is C14H24N2O3S2. The molecular weight excluding hydrogens is 308 g/mol. The zero-order valence-electron chi connectivity index (χ0n) is 12.7. The second kappa shape index (κ2) is 7.13. The average molecular weight is 332 g/mol. The molecule has 1 heterocycles. The molecule has 0 spiro atoms. The number of carboxylic acid groups (broad SMARTS) is 1. The molecule has 2 N–H and O–H groups in total. The lowest BCUT2D eigenvalue weighted by atomic mass is 10.1. The molecule has 1 aliphatic heterocycles. The maximum absolute atomic E-state index is 12.6. The van der Waals surface area contributed by atoms with Crippen LogP contribution in [0.1, 0.15) is 33.1 Å². The van der Waals surface area contributed by atoms with Crippen LogP contribution in [0, 0.1) is 5.92 Å². The van der Waals surface area contributed by atoms with Crippen LogP contribution in [0.5, 0.6) is 0 Å². The van der Waals surface area contributed by atoms with E-state index in [1.807, 2.05) is 25.6 Å². The summed E-state index contributed by atoms with van der Waals surface area (Å²) in [5.74, 6) is -0.189. The van der Waals surface area contributed by atoms with E-state index in [0.29, 0.717) is 11.0 Å². The number of rotatable bonds is 4. The highest BCUT2D eigenvalue weighted by atomic mass is 32.2. The van der Waals surface area contributed by atoms with Gasteiger partial charge in [-0.2, -0.15) is 11.8 Å². The Hall–Kier alpha value is -0.560. The van der Waals surface area contributed by atoms with Crippen molar-refractivity contribution in [3.63, 3.8) is 0 Å². The first-order chi connectivity index (χ1) is 9.93. The lowest BCUT2D eigenvalue weighted by Crippen LogP contribution is -2.53. The normalized spacial score (nSPS) is 32.7. The summed E-state index contributed by atoms with van der Waals surface area (Å²) in [4.78, 5) is 25.5. The first kappa shape index (κ1) is 16.8. The molecule has 2 fully saturated rings. The highest BCUT2D eigenvalue weighted by molar-refractivity contribution is 8.00. The van der Waals surface area contributed by atoms with E-state index in [4.69, 9.17) is 0 Å². The van der Waals surface area contributed by atoms with Crippen molar-refractivity contribution in [3.05, 3.63) is 0 Å². The van der Waals surface area contributed by atoms with Crippen molar-refractivity contribution in [1.29, 1.82) is 0 Å². The Bertz CT molecular complexity index is 406. The number of nitrogens with zero attached hydrogens (tertiary/aromatic N) is 1. The van der Waals surface area contributed by atoms with E-state index in [2.05, 4.69) is 11.6 Å². The van der Waals surface area contributed by atoms with E-state index in [1.165, 1.54) is 0 Å². The Morgan fingerprint density at radius 3 is 2.62 bits per heavy atom. The monoisotopic (exact) mass is 332 g/mol. The number of urea groups is 1. The lowest BCUT2D eigenvalue weighted by Gasteiger charge is -2.31. The molecule has 0 aromatic carbocycles. The van der Waals surface area contributed by atoms with Gasteiger partial charge in [0.05, 0.1) is 5.37 Å². The third-order valence-corrected chi connectivity index (χ3v) is 6.89. The topological polar surface area (TPSA) is 69.6 Å². The summed E-state index contributed by atoms with van der Waals surface area (Å²) < 4.78 is 0. The molecule has 1 saturated heterocycles. The Morgan fingerprint density at radius 2 is 2.10 bits per heavy atom. The van der Waals surface area contributed by atoms with Gasteiger partial charge >= 0.3 is 12.0 Å². The fourth-order valence-corrected chi connectivity index (χ4v) is 5.29. The molecule has 2 amide bonds. The van der Waals surface area contributed by atoms with Gasteiger partial charge in [-0.15, -0.1) is 11.8 Å². The van der Waals surface area contributed by atoms with Gasteiger partial charge in [-0.05, 0) is 31.4 Å². The number of nitrogens with one attached hydrogen (secondary N) is 1. The van der Waals surface area contributed by atoms with Gasteiger partial charge in [0.2, 0.25) is 0 Å². The number of aliphatic carboxylic acids is 1. The van der Waals surface area contributed by atoms with Crippen LogP contribution in [-0.2, 0) is 4.79 Å². The van der Waals surface area contributed by atoms with E-state index in [-0.39, 0.29) is 23.4 Å². The summed E-state index contributed by atoms with van der Waals surface area (Å²) in [6.07, 6.45) is 5.19. The third kappa shape index (κ3) is 3.80. The molecule has 0 aromatic rings. The fraction of sp³-hybridized carbons (Fsp3) is 0.857. The molecule has 4 unspecified atom stereocenters. The number of amides is 2. The molecule has 0 bridgehead atoms. The van der Waals surface area contributed by atoms with E-state index in [1.54, 1.807) is 16.7 Å². The highest BCUT2D eigenvalue weighted by Crippen LogP contribution is 2.35. The van der Waals surface area contributed by atoms with Crippen molar-refractivity contribution >= 4 is 35.5 Å². The largest absolute Gasteiger partial charge is 0.480 e. The standard InChI is InChI=1S/C14H24N2O3S2/c1-8(2)12-16(11(7-21-12)13(17)18)14(19)15-9-4-5-10(6-9)20-3/h8-12H,4-7H2,1-3H3,(H,15,19)(H,17,18). The van der Waals surface area contributed by atoms with Crippen molar-refractivity contribution in [1.82, 2.24) is 10.2 Å². The predicted molar refractivity (Wildman–Crippen MR) is 87.8 cm³/mol. The van der Waals surface area contributed by atoms with Gasteiger partial charge in [0.25, 0.3) is 0 Å². The van der Waals surface area contributed by atoms with Crippen LogP contribution in [0.15, 0.2) is 0 Å². The second-order valence-electron chi connectivity index (χ2n) is 6.05. The van der Waals surface area contributed by atoms with Gasteiger partial charge in [0.1, 0.15) is 6.04 Å². The number of carbonyl (C=O) groups is 2. The number of carboxylic acids is 1. The average Bonchev–Trinajstić information content (AvgIpc) is 3.04. The van der Waals surface area contributed by atoms with Crippen LogP contribution in [0.4, 0.5) is 4.79 Å². The molecule has 7 heteroatoms. The first-order valence-electron chi connectivity index (χ1n) is 7.40. The summed E-state index contributed by atoms with van der Waals surface area (Å²) >= 11 is 3.41. The smallest absolute Gasteiger partial charge is 0.327 e. The predicted octanol–water partition coefficient (Wildman–Crippen LogP) is 2.46. The van der Waals surface area contributed by atoms with Crippen molar-refractivity contribution in [2.45, 2.75) is 55.8 Å². The number of hydrogen-bond donors (Lipinski definition) is 2. The summed E-state index contributed by atoms with van der Waals surface area (Å²) in [6.45, 7) is 4.06. The minimum Gasteiger partial charge on any atom is -0.480 e. The van der Waals surface area contributed by atoms with Crippen LogP contribution < -0.4 is 5.32 Å². The van der Waals surface area contributed by atoms with Gasteiger partial charge in [-0.25, -0.2) is 9.59 Å². The van der Waals surface area contributed by atoms with Gasteiger partial charge in [0, 0.05) is 17.0 Å². The van der Waals surface area contributed by atoms with Crippen molar-refractivity contribution < 1.29 is 14.7 Å². The Morgan fingerprint density at radius 1 is 1.38 bits per heavy atom. The van der Waals surface area contributed by atoms with Gasteiger partial charge in [-0.3, -0.25) is 4.90 Å². The quantitative estimate of drug-likeness (QED) is 0.827. The molecule has 21 heavy (non-hydrogen) atoms. The van der Waals surface area contributed by atoms with E-state index < -0.39 is 12.0 Å². The zero-order valence-corrected chi connectivity index (χ0v) is 14.4. The van der Waals surface area contributed by atoms with Crippen LogP contribution >= 0.6 is 23.5 Å². The Balaban J connectivity index is 2.02. The maximum atomic E-state index is 12.6. The van der Waals surface area contributed by atoms with Crippen LogP contribution in [-0.4, -0.2) is 56.7 Å². The number of hydrogen-bond acceptors (Lipinski definition) is 4. The van der Waals surface area contributed by atoms with Crippen LogP contribution in [0.3, 0.4) is 0 Å². The molecule has 1 saturated carbocycles. The number of thioether (sulfide) groups is 2. The molecule has 0 radical (unpaired) electrons. The molecule has 1 aliphatic carbocycles. The Labute approximate surface area is 134 Å². The fourth-order valence-electron chi connectivity index (χ4n) is 3.02. The minimum absolute atomic E-state index is 0.0520. The van der Waals surface area contributed by atoms with Crippen LogP contribution in [0.25, 0.3) is 0 Å². The molecule has 120 valence electrons. The lowest BCUT2D eigenvalue weighted by molar-refractivity contribution is -0.141. The summed E-state index contributed by atoms with van der Waals surface area (Å²) in [7, 11) is 0. The zero-order chi connectivity index (χ0) is 15.6. The molecule has 4 atom stereocenters. The van der Waals surface area contributed by atoms with Gasteiger partial charge in [-0.1, -0.05) is 13.8 Å². The van der Waals surface area contributed by atoms with Crippen molar-refractivity contribution in [3.8, 4) is 0 Å². The summed E-state index contributed by atoms with van der Waals surface area (Å²) in [6, 6.07) is -0.735. The van der Waals surface area contributed by atoms with Crippen molar-refractivity contribution in [2.75, 3.05) is 12.0 Å². The van der Waals surface area contributed by atoms with Crippen LogP contribution in [0.2, 0.25) is 0 Å². The second-order valence-corrected chi connectivity index (χ2v) is 8.33. The molecule has 0 aromatic heterocycles. The SMILES string of the molecule is CSC1CCC(NC(=O)N2C(C(=O)O)CSC2C(C)C)C1. The highest BCUT2D eigenvalue weighted by Gasteiger charge is 2.43. The molecule has 5 nitrogen and oxygen atoms in total. The Kier molecular flexibility index (Phi) is 5.71. The summed E-state index contributed by atoms with van der Waals surface area (Å²) in [5.41, 5.74) is 0. The number of carbonyl (C=O) groups excluding carboxylic acids is 1. The minimum atomic E-state index is -0.908. The maximum Gasteiger partial charge on any atom is 0.327 e. The van der Waals surface area contributed by atoms with E-state index >= 15 is 0 Å². The summed E-state index contributed by atoms with van der Waals surface area (Å²) in [5, 5.41) is 12.9. The third-order valence-electron chi connectivity index (χ3n) is 4.17. The first-order valence-corrected chi connectivity index (χ1v) is 9.73. The van der Waals surface area contributed by atoms with Gasteiger partial charge < -0.3 is 10.4 Å².